The molecule has 3 atom stereocenters. The van der Waals surface area contributed by atoms with Gasteiger partial charge in [0.2, 0.25) is 5.91 Å². The Bertz CT molecular complexity index is 899. The van der Waals surface area contributed by atoms with Crippen molar-refractivity contribution >= 4 is 46.4 Å². The molecule has 0 aliphatic carbocycles. The monoisotopic (exact) mass is 418 g/mol. The molecule has 0 spiro atoms. The van der Waals surface area contributed by atoms with Gasteiger partial charge in [0.15, 0.2) is 6.10 Å². The predicted molar refractivity (Wildman–Crippen MR) is 109 cm³/mol. The van der Waals surface area contributed by atoms with E-state index in [1.807, 2.05) is 30.3 Å². The SMILES string of the molecule is CC(C)C[C@@H]1[C@@H]2C(=O)N(c3c(Cl)cccc3Cl)C(=O)[C@@H]2ON1c1ccccc1. The molecule has 2 aliphatic rings. The highest BCUT2D eigenvalue weighted by Crippen LogP contribution is 2.45. The molecule has 2 amide bonds. The Balaban J connectivity index is 1.73. The fraction of sp³-hybridized carbons (Fsp3) is 0.333. The first-order valence-corrected chi connectivity index (χ1v) is 9.98. The number of nitrogens with zero attached hydrogens (tertiary/aromatic N) is 2. The number of hydroxylamine groups is 1. The fourth-order valence-electron chi connectivity index (χ4n) is 3.97. The first-order chi connectivity index (χ1) is 13.4. The topological polar surface area (TPSA) is 49.9 Å². The lowest BCUT2D eigenvalue weighted by atomic mass is 9.90. The van der Waals surface area contributed by atoms with E-state index in [0.29, 0.717) is 12.3 Å². The van der Waals surface area contributed by atoms with Gasteiger partial charge in [-0.3, -0.25) is 14.4 Å². The molecule has 5 nitrogen and oxygen atoms in total. The lowest BCUT2D eigenvalue weighted by Crippen LogP contribution is -2.41. The smallest absolute Gasteiger partial charge is 0.266 e. The minimum atomic E-state index is -0.885. The standard InChI is InChI=1S/C21H20Cl2N2O3/c1-12(2)11-16-17-19(28-25(16)13-7-4-3-5-8-13)21(27)24(20(17)26)18-14(22)9-6-10-15(18)23/h3-10,12,16-17,19H,11H2,1-2H3/t16-,17+,19-/m1/s1. The van der Waals surface area contributed by atoms with E-state index in [0.717, 1.165) is 10.6 Å². The fourth-order valence-corrected chi connectivity index (χ4v) is 4.53. The molecule has 28 heavy (non-hydrogen) atoms. The second kappa shape index (κ2) is 7.39. The van der Waals surface area contributed by atoms with E-state index in [4.69, 9.17) is 28.0 Å². The molecular weight excluding hydrogens is 399 g/mol. The molecule has 2 fully saturated rings. The number of benzene rings is 2. The van der Waals surface area contributed by atoms with Crippen molar-refractivity contribution in [3.05, 3.63) is 58.6 Å². The van der Waals surface area contributed by atoms with Gasteiger partial charge in [-0.25, -0.2) is 9.96 Å². The van der Waals surface area contributed by atoms with Crippen LogP contribution in [0, 0.1) is 11.8 Å². The second-order valence-electron chi connectivity index (χ2n) is 7.49. The molecule has 0 aromatic heterocycles. The lowest BCUT2D eigenvalue weighted by Gasteiger charge is -2.29. The number of anilines is 2. The Morgan fingerprint density at radius 3 is 2.21 bits per heavy atom. The lowest BCUT2D eigenvalue weighted by molar-refractivity contribution is -0.126. The van der Waals surface area contributed by atoms with Gasteiger partial charge < -0.3 is 0 Å². The van der Waals surface area contributed by atoms with Crippen molar-refractivity contribution in [3.63, 3.8) is 0 Å². The van der Waals surface area contributed by atoms with Gasteiger partial charge in [-0.2, -0.15) is 0 Å². The molecule has 2 aliphatic heterocycles. The van der Waals surface area contributed by atoms with Crippen molar-refractivity contribution in [2.24, 2.45) is 11.8 Å². The largest absolute Gasteiger partial charge is 0.273 e. The van der Waals surface area contributed by atoms with E-state index in [9.17, 15) is 9.59 Å². The quantitative estimate of drug-likeness (QED) is 0.674. The van der Waals surface area contributed by atoms with E-state index in [1.165, 1.54) is 0 Å². The zero-order valence-corrected chi connectivity index (χ0v) is 17.0. The van der Waals surface area contributed by atoms with Crippen molar-refractivity contribution in [1.29, 1.82) is 0 Å². The van der Waals surface area contributed by atoms with Crippen LogP contribution >= 0.6 is 23.2 Å². The van der Waals surface area contributed by atoms with Gasteiger partial charge in [0.25, 0.3) is 5.91 Å². The molecule has 0 saturated carbocycles. The number of fused-ring (bicyclic) bond motifs is 1. The number of hydrogen-bond donors (Lipinski definition) is 0. The van der Waals surface area contributed by atoms with Crippen molar-refractivity contribution in [2.75, 3.05) is 9.96 Å². The highest BCUT2D eigenvalue weighted by atomic mass is 35.5. The van der Waals surface area contributed by atoms with Gasteiger partial charge in [0.1, 0.15) is 0 Å². The summed E-state index contributed by atoms with van der Waals surface area (Å²) in [5, 5.41) is 2.24. The minimum absolute atomic E-state index is 0.230. The molecular formula is C21H20Cl2N2O3. The Morgan fingerprint density at radius 2 is 1.61 bits per heavy atom. The summed E-state index contributed by atoms with van der Waals surface area (Å²) in [4.78, 5) is 33.6. The number of hydrogen-bond acceptors (Lipinski definition) is 4. The average Bonchev–Trinajstić information content (AvgIpc) is 3.13. The predicted octanol–water partition coefficient (Wildman–Crippen LogP) is 4.72. The molecule has 2 aromatic carbocycles. The number of carbonyl (C=O) groups is 2. The van der Waals surface area contributed by atoms with Crippen LogP contribution in [0.25, 0.3) is 0 Å². The summed E-state index contributed by atoms with van der Waals surface area (Å²) in [7, 11) is 0. The Morgan fingerprint density at radius 1 is 0.964 bits per heavy atom. The van der Waals surface area contributed by atoms with Gasteiger partial charge in [0.05, 0.1) is 33.4 Å². The van der Waals surface area contributed by atoms with Gasteiger partial charge in [0, 0.05) is 0 Å². The second-order valence-corrected chi connectivity index (χ2v) is 8.31. The van der Waals surface area contributed by atoms with E-state index in [1.54, 1.807) is 23.3 Å². The maximum absolute atomic E-state index is 13.4. The van der Waals surface area contributed by atoms with Crippen LogP contribution < -0.4 is 9.96 Å². The summed E-state index contributed by atoms with van der Waals surface area (Å²) in [6.45, 7) is 4.17. The molecule has 0 bridgehead atoms. The van der Waals surface area contributed by atoms with Crippen molar-refractivity contribution < 1.29 is 14.4 Å². The van der Waals surface area contributed by atoms with Crippen LogP contribution in [0.1, 0.15) is 20.3 Å². The number of rotatable bonds is 4. The Hall–Kier alpha value is -2.08. The summed E-state index contributed by atoms with van der Waals surface area (Å²) in [6, 6.07) is 14.2. The van der Waals surface area contributed by atoms with Crippen LogP contribution in [0.4, 0.5) is 11.4 Å². The molecule has 4 rings (SSSR count). The summed E-state index contributed by atoms with van der Waals surface area (Å²) in [5.74, 6) is -1.05. The third-order valence-electron chi connectivity index (χ3n) is 5.12. The molecule has 7 heteroatoms. The van der Waals surface area contributed by atoms with Gasteiger partial charge >= 0.3 is 0 Å². The normalized spacial score (nSPS) is 24.4. The summed E-state index contributed by atoms with van der Waals surface area (Å²) >= 11 is 12.5. The molecule has 2 aromatic rings. The zero-order valence-electron chi connectivity index (χ0n) is 15.5. The van der Waals surface area contributed by atoms with Crippen LogP contribution in [0.15, 0.2) is 48.5 Å². The van der Waals surface area contributed by atoms with Crippen LogP contribution in [-0.4, -0.2) is 24.0 Å². The van der Waals surface area contributed by atoms with E-state index in [2.05, 4.69) is 13.8 Å². The maximum Gasteiger partial charge on any atom is 0.266 e. The number of halogens is 2. The molecule has 2 heterocycles. The van der Waals surface area contributed by atoms with Crippen LogP contribution in [0.2, 0.25) is 10.0 Å². The first-order valence-electron chi connectivity index (χ1n) is 9.23. The van der Waals surface area contributed by atoms with Crippen LogP contribution in [0.5, 0.6) is 0 Å². The van der Waals surface area contributed by atoms with Crippen LogP contribution in [-0.2, 0) is 14.4 Å². The average molecular weight is 419 g/mol. The van der Waals surface area contributed by atoms with Gasteiger partial charge in [-0.05, 0) is 36.6 Å². The first kappa shape index (κ1) is 19.2. The molecule has 0 N–H and O–H groups in total. The summed E-state index contributed by atoms with van der Waals surface area (Å²) < 4.78 is 0. The van der Waals surface area contributed by atoms with Crippen molar-refractivity contribution in [2.45, 2.75) is 32.4 Å². The van der Waals surface area contributed by atoms with Crippen molar-refractivity contribution in [3.8, 4) is 0 Å². The van der Waals surface area contributed by atoms with Crippen molar-refractivity contribution in [1.82, 2.24) is 0 Å². The van der Waals surface area contributed by atoms with E-state index < -0.39 is 17.9 Å². The van der Waals surface area contributed by atoms with Crippen LogP contribution in [0.3, 0.4) is 0 Å². The summed E-state index contributed by atoms with van der Waals surface area (Å²) in [5.41, 5.74) is 1.05. The summed E-state index contributed by atoms with van der Waals surface area (Å²) in [6.07, 6.45) is -0.178. The van der Waals surface area contributed by atoms with Gasteiger partial charge in [-0.1, -0.05) is 61.3 Å². The Labute approximate surface area is 173 Å². The molecule has 0 radical (unpaired) electrons. The number of amides is 2. The number of imide groups is 1. The van der Waals surface area contributed by atoms with E-state index in [-0.39, 0.29) is 27.7 Å². The number of para-hydroxylation sites is 2. The number of carbonyl (C=O) groups excluding carboxylic acids is 2. The van der Waals surface area contributed by atoms with Gasteiger partial charge in [-0.15, -0.1) is 0 Å². The third kappa shape index (κ3) is 3.08. The minimum Gasteiger partial charge on any atom is -0.273 e. The maximum atomic E-state index is 13.4. The highest BCUT2D eigenvalue weighted by Gasteiger charge is 2.60. The molecule has 0 unspecified atom stereocenters. The highest BCUT2D eigenvalue weighted by molar-refractivity contribution is 6.42. The molecule has 2 saturated heterocycles. The zero-order chi connectivity index (χ0) is 20.0. The van der Waals surface area contributed by atoms with E-state index >= 15 is 0 Å². The molecule has 146 valence electrons. The Kier molecular flexibility index (Phi) is 5.08. The third-order valence-corrected chi connectivity index (χ3v) is 5.73.